The van der Waals surface area contributed by atoms with Crippen LogP contribution in [0.4, 0.5) is 10.5 Å². The summed E-state index contributed by atoms with van der Waals surface area (Å²) in [5.41, 5.74) is 1.10. The molecule has 14 nitrogen and oxygen atoms in total. The zero-order valence-electron chi connectivity index (χ0n) is 26.1. The summed E-state index contributed by atoms with van der Waals surface area (Å²) in [6, 6.07) is 8.31. The summed E-state index contributed by atoms with van der Waals surface area (Å²) >= 11 is 19.4. The number of anilines is 1. The lowest BCUT2D eigenvalue weighted by Gasteiger charge is -2.29. The van der Waals surface area contributed by atoms with E-state index >= 15 is 0 Å². The number of amides is 4. The van der Waals surface area contributed by atoms with Gasteiger partial charge in [0.15, 0.2) is 23.5 Å². The smallest absolute Gasteiger partial charge is 0.335 e. The number of alkyl halides is 2. The van der Waals surface area contributed by atoms with Gasteiger partial charge in [0.1, 0.15) is 0 Å². The SMILES string of the molecule is Cc1ccc(Cl)c(NC(=O)C(C(=O)C(C)(C)C)N2C(=O)NC(OCCc3nc4n(n3)N=C(Cc3ccc(C(=O)O)cc3)C4(Cl)Cl)C2=O)c1. The summed E-state index contributed by atoms with van der Waals surface area (Å²) in [5, 5.41) is 22.9. The first-order valence-corrected chi connectivity index (χ1v) is 15.7. The number of aromatic carboxylic acids is 1. The van der Waals surface area contributed by atoms with Crippen LogP contribution in [-0.2, 0) is 36.3 Å². The number of urea groups is 1. The van der Waals surface area contributed by atoms with Gasteiger partial charge in [0.2, 0.25) is 10.6 Å². The van der Waals surface area contributed by atoms with E-state index < -0.39 is 51.6 Å². The van der Waals surface area contributed by atoms with Gasteiger partial charge in [0, 0.05) is 18.3 Å². The average molecular weight is 719 g/mol. The number of carboxylic acids is 1. The van der Waals surface area contributed by atoms with Crippen LogP contribution in [0.3, 0.4) is 0 Å². The molecule has 3 aromatic rings. The highest BCUT2D eigenvalue weighted by Crippen LogP contribution is 2.39. The molecule has 252 valence electrons. The van der Waals surface area contributed by atoms with E-state index in [-0.39, 0.29) is 47.4 Å². The predicted molar refractivity (Wildman–Crippen MR) is 175 cm³/mol. The number of nitrogens with zero attached hydrogens (tertiary/aromatic N) is 5. The number of carbonyl (C=O) groups excluding carboxylic acids is 4. The topological polar surface area (TPSA) is 185 Å². The maximum atomic E-state index is 13.5. The van der Waals surface area contributed by atoms with Gasteiger partial charge in [-0.15, -0.1) is 9.89 Å². The van der Waals surface area contributed by atoms with Crippen molar-refractivity contribution >= 4 is 75.8 Å². The standard InChI is InChI=1S/C31H30Cl3N7O7/c1-15-5-10-18(32)19(13-15)35-24(43)22(23(42)30(2,3)4)40-26(44)25(37-29(40)47)48-12-11-21-36-28-31(33,34)20(38-41(28)39-21)14-16-6-8-17(9-7-16)27(45)46/h5-10,13,22,25H,11-12,14H2,1-4H3,(H,35,43)(H,37,47)(H,45,46). The van der Waals surface area contributed by atoms with Crippen LogP contribution in [0, 0.1) is 12.3 Å². The molecule has 3 heterocycles. The molecule has 0 spiro atoms. The van der Waals surface area contributed by atoms with E-state index in [1.165, 1.54) is 16.9 Å². The first kappa shape index (κ1) is 35.0. The molecule has 48 heavy (non-hydrogen) atoms. The average Bonchev–Trinajstić information content (AvgIpc) is 3.61. The highest BCUT2D eigenvalue weighted by atomic mass is 35.5. The van der Waals surface area contributed by atoms with Crippen molar-refractivity contribution in [1.82, 2.24) is 25.1 Å². The number of rotatable bonds is 11. The molecule has 17 heteroatoms. The summed E-state index contributed by atoms with van der Waals surface area (Å²) < 4.78 is 4.01. The van der Waals surface area contributed by atoms with Crippen molar-refractivity contribution in [3.8, 4) is 0 Å². The van der Waals surface area contributed by atoms with E-state index in [4.69, 9.17) is 44.6 Å². The van der Waals surface area contributed by atoms with E-state index in [9.17, 15) is 24.0 Å². The summed E-state index contributed by atoms with van der Waals surface area (Å²) in [4.78, 5) is 70.5. The van der Waals surface area contributed by atoms with E-state index in [0.29, 0.717) is 10.6 Å². The molecular weight excluding hydrogens is 689 g/mol. The van der Waals surface area contributed by atoms with Crippen molar-refractivity contribution in [3.05, 3.63) is 75.8 Å². The van der Waals surface area contributed by atoms with Crippen molar-refractivity contribution in [2.75, 3.05) is 11.9 Å². The normalized spacial score (nSPS) is 17.5. The number of benzene rings is 2. The van der Waals surface area contributed by atoms with Gasteiger partial charge in [-0.1, -0.05) is 73.8 Å². The maximum absolute atomic E-state index is 13.5. The van der Waals surface area contributed by atoms with Crippen molar-refractivity contribution in [2.45, 2.75) is 57.1 Å². The number of aromatic nitrogens is 3. The number of aryl methyl sites for hydroxylation is 1. The number of hydrogen-bond donors (Lipinski definition) is 3. The molecule has 0 aliphatic carbocycles. The van der Waals surface area contributed by atoms with Crippen LogP contribution in [-0.4, -0.2) is 79.1 Å². The third kappa shape index (κ3) is 7.06. The minimum atomic E-state index is -1.80. The fourth-order valence-corrected chi connectivity index (χ4v) is 5.53. The second-order valence-electron chi connectivity index (χ2n) is 12.2. The fourth-order valence-electron chi connectivity index (χ4n) is 4.92. The first-order valence-electron chi connectivity index (χ1n) is 14.6. The maximum Gasteiger partial charge on any atom is 0.335 e. The highest BCUT2D eigenvalue weighted by Gasteiger charge is 2.50. The number of nitrogens with one attached hydrogen (secondary N) is 2. The fraction of sp³-hybridized carbons (Fsp3) is 0.355. The molecule has 1 fully saturated rings. The molecule has 2 unspecified atom stereocenters. The second kappa shape index (κ2) is 13.3. The number of hydrogen-bond acceptors (Lipinski definition) is 9. The van der Waals surface area contributed by atoms with Crippen LogP contribution in [0.25, 0.3) is 0 Å². The van der Waals surface area contributed by atoms with E-state index in [0.717, 1.165) is 11.1 Å². The van der Waals surface area contributed by atoms with Crippen molar-refractivity contribution < 1.29 is 33.8 Å². The number of halogens is 3. The molecule has 2 aliphatic heterocycles. The summed E-state index contributed by atoms with van der Waals surface area (Å²) in [5.74, 6) is -3.20. The molecule has 2 aliphatic rings. The number of ketones is 1. The van der Waals surface area contributed by atoms with Gasteiger partial charge in [-0.2, -0.15) is 5.10 Å². The Morgan fingerprint density at radius 2 is 1.81 bits per heavy atom. The van der Waals surface area contributed by atoms with Crippen LogP contribution in [0.5, 0.6) is 0 Å². The van der Waals surface area contributed by atoms with Gasteiger partial charge in [-0.25, -0.2) is 19.5 Å². The molecule has 1 saturated heterocycles. The molecule has 4 amide bonds. The number of carbonyl (C=O) groups is 5. The Kier molecular flexibility index (Phi) is 9.66. The lowest BCUT2D eigenvalue weighted by molar-refractivity contribution is -0.147. The van der Waals surface area contributed by atoms with E-state index in [1.807, 2.05) is 0 Å². The van der Waals surface area contributed by atoms with Gasteiger partial charge in [-0.05, 0) is 42.3 Å². The Morgan fingerprint density at radius 1 is 1.12 bits per heavy atom. The molecule has 1 aromatic heterocycles. The number of ether oxygens (including phenoxy) is 1. The van der Waals surface area contributed by atoms with Gasteiger partial charge < -0.3 is 20.5 Å². The highest BCUT2D eigenvalue weighted by molar-refractivity contribution is 6.58. The number of carboxylic acid groups (broad SMARTS) is 1. The third-order valence-electron chi connectivity index (χ3n) is 7.48. The zero-order chi connectivity index (χ0) is 35.1. The van der Waals surface area contributed by atoms with Crippen LogP contribution < -0.4 is 10.6 Å². The summed E-state index contributed by atoms with van der Waals surface area (Å²) in [6.07, 6.45) is -1.22. The molecule has 0 saturated carbocycles. The largest absolute Gasteiger partial charge is 0.478 e. The molecule has 2 aromatic carbocycles. The zero-order valence-corrected chi connectivity index (χ0v) is 28.4. The molecular formula is C31H30Cl3N7O7. The third-order valence-corrected chi connectivity index (χ3v) is 8.59. The first-order chi connectivity index (χ1) is 22.5. The Balaban J connectivity index is 1.25. The van der Waals surface area contributed by atoms with Gasteiger partial charge in [-0.3, -0.25) is 14.4 Å². The molecule has 0 bridgehead atoms. The molecule has 0 radical (unpaired) electrons. The van der Waals surface area contributed by atoms with E-state index in [2.05, 4.69) is 25.8 Å². The van der Waals surface area contributed by atoms with Crippen LogP contribution >= 0.6 is 34.8 Å². The second-order valence-corrected chi connectivity index (χ2v) is 13.9. The number of fused-ring (bicyclic) bond motifs is 1. The summed E-state index contributed by atoms with van der Waals surface area (Å²) in [7, 11) is 0. The molecule has 5 rings (SSSR count). The minimum absolute atomic E-state index is 0.0572. The Bertz CT molecular complexity index is 1850. The lowest BCUT2D eigenvalue weighted by atomic mass is 9.85. The van der Waals surface area contributed by atoms with Crippen LogP contribution in [0.2, 0.25) is 5.02 Å². The van der Waals surface area contributed by atoms with E-state index in [1.54, 1.807) is 58.0 Å². The minimum Gasteiger partial charge on any atom is -0.478 e. The Hall–Kier alpha value is -4.37. The van der Waals surface area contributed by atoms with Gasteiger partial charge in [0.05, 0.1) is 28.6 Å². The lowest BCUT2D eigenvalue weighted by Crippen LogP contribution is -2.55. The number of Topliss-reactive ketones (excluding diaryl/α,β-unsaturated/α-hetero) is 1. The van der Waals surface area contributed by atoms with Crippen molar-refractivity contribution in [2.24, 2.45) is 10.5 Å². The van der Waals surface area contributed by atoms with Crippen molar-refractivity contribution in [3.63, 3.8) is 0 Å². The Labute approximate surface area is 289 Å². The molecule has 2 atom stereocenters. The Morgan fingerprint density at radius 3 is 2.44 bits per heavy atom. The van der Waals surface area contributed by atoms with Gasteiger partial charge >= 0.3 is 12.0 Å². The van der Waals surface area contributed by atoms with Crippen molar-refractivity contribution in [1.29, 1.82) is 0 Å². The number of imide groups is 1. The summed E-state index contributed by atoms with van der Waals surface area (Å²) in [6.45, 7) is 6.34. The quantitative estimate of drug-likeness (QED) is 0.149. The van der Waals surface area contributed by atoms with Gasteiger partial charge in [0.25, 0.3) is 11.8 Å². The molecule has 3 N–H and O–H groups in total. The van der Waals surface area contributed by atoms with Crippen LogP contribution in [0.1, 0.15) is 53.9 Å². The monoisotopic (exact) mass is 717 g/mol. The predicted octanol–water partition coefficient (Wildman–Crippen LogP) is 4.09. The van der Waals surface area contributed by atoms with Crippen LogP contribution in [0.15, 0.2) is 47.6 Å².